The van der Waals surface area contributed by atoms with Crippen molar-refractivity contribution in [3.8, 4) is 22.8 Å². The molecule has 3 aromatic carbocycles. The Bertz CT molecular complexity index is 1820. The van der Waals surface area contributed by atoms with E-state index in [1.54, 1.807) is 11.8 Å². The number of ether oxygens (including phenoxy) is 1. The molecule has 1 aliphatic heterocycles. The Morgan fingerprint density at radius 3 is 2.46 bits per heavy atom. The number of aryl methyl sites for hydroxylation is 2. The maximum atomic E-state index is 13.0. The van der Waals surface area contributed by atoms with E-state index in [0.29, 0.717) is 22.4 Å². The van der Waals surface area contributed by atoms with Crippen LogP contribution in [-0.4, -0.2) is 44.0 Å². The molecule has 0 spiro atoms. The average Bonchev–Trinajstić information content (AvgIpc) is 3.64. The summed E-state index contributed by atoms with van der Waals surface area (Å²) in [7, 11) is 0. The normalized spacial score (nSPS) is 14.9. The first-order valence-electron chi connectivity index (χ1n) is 14.4. The third-order valence-electron chi connectivity index (χ3n) is 7.22. The highest BCUT2D eigenvalue weighted by Gasteiger charge is 2.32. The molecule has 238 valence electrons. The Morgan fingerprint density at radius 2 is 1.78 bits per heavy atom. The second kappa shape index (κ2) is 13.6. The van der Waals surface area contributed by atoms with Gasteiger partial charge >= 0.3 is 12.4 Å². The van der Waals surface area contributed by atoms with Gasteiger partial charge < -0.3 is 10.1 Å². The first-order chi connectivity index (χ1) is 21.9. The number of carbonyl (C=O) groups is 2. The van der Waals surface area contributed by atoms with E-state index in [0.717, 1.165) is 46.4 Å². The van der Waals surface area contributed by atoms with Crippen LogP contribution in [0.3, 0.4) is 0 Å². The molecule has 4 aromatic rings. The lowest BCUT2D eigenvalue weighted by Gasteiger charge is -2.20. The SMILES string of the molecule is CCCc1ccc(C)cc1N1C(=O)CSC1=NC(=O)N/C(C)=C(\C)c1ccc(-c2ncn(-c3ccc(OC(F)(F)F)cc3)n2)cc1. The summed E-state index contributed by atoms with van der Waals surface area (Å²) in [6.07, 6.45) is -1.57. The molecule has 0 saturated carbocycles. The second-order valence-corrected chi connectivity index (χ2v) is 11.5. The summed E-state index contributed by atoms with van der Waals surface area (Å²) in [5.74, 6) is 0.193. The fourth-order valence-corrected chi connectivity index (χ4v) is 5.68. The van der Waals surface area contributed by atoms with E-state index in [1.807, 2.05) is 56.3 Å². The fraction of sp³-hybridized carbons (Fsp3) is 0.242. The summed E-state index contributed by atoms with van der Waals surface area (Å²) in [4.78, 5) is 35.9. The summed E-state index contributed by atoms with van der Waals surface area (Å²) in [5.41, 5.74) is 6.32. The van der Waals surface area contributed by atoms with Crippen LogP contribution < -0.4 is 15.0 Å². The predicted octanol–water partition coefficient (Wildman–Crippen LogP) is 7.69. The van der Waals surface area contributed by atoms with Crippen molar-refractivity contribution in [1.29, 1.82) is 0 Å². The fourth-order valence-electron chi connectivity index (χ4n) is 4.82. The molecule has 0 radical (unpaired) electrons. The number of allylic oxidation sites excluding steroid dienone is 2. The number of urea groups is 1. The minimum Gasteiger partial charge on any atom is -0.406 e. The smallest absolute Gasteiger partial charge is 0.406 e. The molecule has 0 aliphatic carbocycles. The van der Waals surface area contributed by atoms with E-state index in [4.69, 9.17) is 0 Å². The van der Waals surface area contributed by atoms with Crippen molar-refractivity contribution >= 4 is 40.1 Å². The van der Waals surface area contributed by atoms with E-state index < -0.39 is 12.4 Å². The number of alkyl halides is 3. The van der Waals surface area contributed by atoms with Gasteiger partial charge in [-0.25, -0.2) is 14.5 Å². The number of aromatic nitrogens is 3. The standard InChI is InChI=1S/C33H31F3N6O3S/c1-5-6-24-8-7-20(2)17-28(24)42-29(43)18-46-32(42)39-31(44)38-22(4)21(3)23-9-11-25(12-10-23)30-37-19-41(40-30)26-13-15-27(16-14-26)45-33(34,35)36/h7-17,19H,5-6,18H2,1-4H3,(H,38,44)/b22-21+,39-32?. The number of nitrogens with one attached hydrogen (secondary N) is 1. The molecule has 1 N–H and O–H groups in total. The minimum absolute atomic E-state index is 0.115. The van der Waals surface area contributed by atoms with E-state index in [-0.39, 0.29) is 17.4 Å². The number of hydrogen-bond donors (Lipinski definition) is 1. The lowest BCUT2D eigenvalue weighted by Crippen LogP contribution is -2.32. The molecule has 0 unspecified atom stereocenters. The zero-order chi connectivity index (χ0) is 33.0. The van der Waals surface area contributed by atoms with Gasteiger partial charge in [0.25, 0.3) is 0 Å². The van der Waals surface area contributed by atoms with Crippen molar-refractivity contribution in [2.24, 2.45) is 4.99 Å². The van der Waals surface area contributed by atoms with Crippen molar-refractivity contribution in [2.75, 3.05) is 10.7 Å². The Balaban J connectivity index is 1.27. The van der Waals surface area contributed by atoms with Crippen LogP contribution in [0, 0.1) is 6.92 Å². The summed E-state index contributed by atoms with van der Waals surface area (Å²) in [5, 5.41) is 7.61. The minimum atomic E-state index is -4.77. The van der Waals surface area contributed by atoms with Crippen LogP contribution in [-0.2, 0) is 11.2 Å². The number of amides is 3. The Hall–Kier alpha value is -4.91. The highest BCUT2D eigenvalue weighted by Crippen LogP contribution is 2.32. The number of benzene rings is 3. The van der Waals surface area contributed by atoms with Gasteiger partial charge in [0.2, 0.25) is 5.91 Å². The molecule has 1 aliphatic rings. The van der Waals surface area contributed by atoms with Crippen LogP contribution in [0.2, 0.25) is 0 Å². The number of thioether (sulfide) groups is 1. The maximum Gasteiger partial charge on any atom is 0.573 e. The van der Waals surface area contributed by atoms with Crippen LogP contribution in [0.1, 0.15) is 43.9 Å². The Labute approximate surface area is 268 Å². The molecular weight excluding hydrogens is 617 g/mol. The largest absolute Gasteiger partial charge is 0.573 e. The number of anilines is 1. The third-order valence-corrected chi connectivity index (χ3v) is 8.15. The molecule has 1 fully saturated rings. The number of amidine groups is 1. The third kappa shape index (κ3) is 7.65. The van der Waals surface area contributed by atoms with Gasteiger partial charge in [-0.1, -0.05) is 61.5 Å². The van der Waals surface area contributed by atoms with Gasteiger partial charge in [0.05, 0.1) is 17.1 Å². The molecule has 3 amide bonds. The number of rotatable bonds is 8. The molecule has 0 atom stereocenters. The first-order valence-corrected chi connectivity index (χ1v) is 15.4. The number of nitrogens with zero attached hydrogens (tertiary/aromatic N) is 5. The van der Waals surface area contributed by atoms with E-state index >= 15 is 0 Å². The summed E-state index contributed by atoms with van der Waals surface area (Å²) < 4.78 is 42.7. The predicted molar refractivity (Wildman–Crippen MR) is 173 cm³/mol. The lowest BCUT2D eigenvalue weighted by molar-refractivity contribution is -0.274. The number of carbonyl (C=O) groups excluding carboxylic acids is 2. The van der Waals surface area contributed by atoms with Gasteiger partial charge in [-0.15, -0.1) is 18.3 Å². The zero-order valence-corrected chi connectivity index (χ0v) is 26.4. The van der Waals surface area contributed by atoms with E-state index in [1.165, 1.54) is 47.0 Å². The van der Waals surface area contributed by atoms with Crippen LogP contribution >= 0.6 is 11.8 Å². The van der Waals surface area contributed by atoms with Crippen molar-refractivity contribution in [3.63, 3.8) is 0 Å². The van der Waals surface area contributed by atoms with Crippen molar-refractivity contribution in [3.05, 3.63) is 95.4 Å². The summed E-state index contributed by atoms with van der Waals surface area (Å²) >= 11 is 1.24. The Morgan fingerprint density at radius 1 is 1.07 bits per heavy atom. The highest BCUT2D eigenvalue weighted by molar-refractivity contribution is 8.15. The molecule has 1 saturated heterocycles. The average molecular weight is 649 g/mol. The number of halogens is 3. The number of aliphatic imine (C=N–C) groups is 1. The lowest BCUT2D eigenvalue weighted by atomic mass is 10.0. The molecule has 2 heterocycles. The van der Waals surface area contributed by atoms with E-state index in [2.05, 4.69) is 32.1 Å². The monoisotopic (exact) mass is 648 g/mol. The molecule has 46 heavy (non-hydrogen) atoms. The molecule has 0 bridgehead atoms. The zero-order valence-electron chi connectivity index (χ0n) is 25.6. The van der Waals surface area contributed by atoms with Gasteiger partial charge in [-0.05, 0) is 79.8 Å². The topological polar surface area (TPSA) is 102 Å². The highest BCUT2D eigenvalue weighted by atomic mass is 32.2. The van der Waals surface area contributed by atoms with Crippen LogP contribution in [0.15, 0.2) is 83.7 Å². The van der Waals surface area contributed by atoms with Crippen LogP contribution in [0.4, 0.5) is 23.7 Å². The van der Waals surface area contributed by atoms with Gasteiger partial charge in [-0.2, -0.15) is 4.99 Å². The van der Waals surface area contributed by atoms with Crippen molar-refractivity contribution in [1.82, 2.24) is 20.1 Å². The number of hydrogen-bond acceptors (Lipinski definition) is 6. The molecular formula is C33H31F3N6O3S. The molecule has 5 rings (SSSR count). The first kappa shape index (κ1) is 32.5. The van der Waals surface area contributed by atoms with Gasteiger partial charge in [0, 0.05) is 11.3 Å². The maximum absolute atomic E-state index is 13.0. The van der Waals surface area contributed by atoms with E-state index in [9.17, 15) is 22.8 Å². The van der Waals surface area contributed by atoms with Gasteiger partial charge in [-0.3, -0.25) is 9.69 Å². The summed E-state index contributed by atoms with van der Waals surface area (Å²) in [6.45, 7) is 7.70. The molecule has 13 heteroatoms. The Kier molecular flexibility index (Phi) is 9.61. The van der Waals surface area contributed by atoms with Crippen LogP contribution in [0.25, 0.3) is 22.6 Å². The van der Waals surface area contributed by atoms with Gasteiger partial charge in [0.15, 0.2) is 11.0 Å². The van der Waals surface area contributed by atoms with Crippen molar-refractivity contribution in [2.45, 2.75) is 46.9 Å². The second-order valence-electron chi connectivity index (χ2n) is 10.6. The summed E-state index contributed by atoms with van der Waals surface area (Å²) in [6, 6.07) is 18.1. The van der Waals surface area contributed by atoms with Crippen molar-refractivity contribution < 1.29 is 27.5 Å². The van der Waals surface area contributed by atoms with Crippen LogP contribution in [0.5, 0.6) is 5.75 Å². The quantitative estimate of drug-likeness (QED) is 0.210. The van der Waals surface area contributed by atoms with Gasteiger partial charge in [0.1, 0.15) is 12.1 Å². The molecule has 9 nitrogen and oxygen atoms in total. The molecule has 1 aromatic heterocycles.